The largest absolute Gasteiger partial charge is 0.496 e. The lowest BCUT2D eigenvalue weighted by Crippen LogP contribution is -2.14. The van der Waals surface area contributed by atoms with Crippen LogP contribution in [0, 0.1) is 0 Å². The van der Waals surface area contributed by atoms with E-state index in [2.05, 4.69) is 30.0 Å². The van der Waals surface area contributed by atoms with Gasteiger partial charge >= 0.3 is 0 Å². The van der Waals surface area contributed by atoms with Crippen LogP contribution in [0.5, 0.6) is 5.75 Å². The Morgan fingerprint density at radius 2 is 1.96 bits per heavy atom. The highest BCUT2D eigenvalue weighted by molar-refractivity contribution is 5.69. The van der Waals surface area contributed by atoms with Crippen LogP contribution in [0.25, 0.3) is 11.3 Å². The van der Waals surface area contributed by atoms with Crippen LogP contribution in [-0.2, 0) is 6.42 Å². The Kier molecular flexibility index (Phi) is 5.37. The summed E-state index contributed by atoms with van der Waals surface area (Å²) in [6.07, 6.45) is 12.3. The van der Waals surface area contributed by atoms with Crippen molar-refractivity contribution in [2.75, 3.05) is 7.11 Å². The molecule has 1 aromatic heterocycles. The quantitative estimate of drug-likeness (QED) is 0.713. The van der Waals surface area contributed by atoms with Gasteiger partial charge in [0.1, 0.15) is 5.75 Å². The van der Waals surface area contributed by atoms with Gasteiger partial charge < -0.3 is 9.30 Å². The predicted molar refractivity (Wildman–Crippen MR) is 94.9 cm³/mol. The predicted octanol–water partition coefficient (Wildman–Crippen LogP) is 5.41. The molecule has 0 bridgehead atoms. The molecule has 3 heteroatoms. The van der Waals surface area contributed by atoms with Crippen molar-refractivity contribution in [1.29, 1.82) is 0 Å². The number of ether oxygens (including phenoxy) is 1. The maximum Gasteiger partial charge on any atom is 0.128 e. The van der Waals surface area contributed by atoms with Crippen molar-refractivity contribution in [1.82, 2.24) is 9.55 Å². The third-order valence-corrected chi connectivity index (χ3v) is 4.99. The molecular formula is C20H28N2O. The molecule has 0 radical (unpaired) electrons. The van der Waals surface area contributed by atoms with Crippen molar-refractivity contribution in [2.24, 2.45) is 0 Å². The molecular weight excluding hydrogens is 284 g/mol. The molecule has 0 amide bonds. The molecule has 3 nitrogen and oxygen atoms in total. The van der Waals surface area contributed by atoms with E-state index in [1.807, 2.05) is 12.1 Å². The fraction of sp³-hybridized carbons (Fsp3) is 0.550. The van der Waals surface area contributed by atoms with E-state index in [-0.39, 0.29) is 0 Å². The van der Waals surface area contributed by atoms with E-state index in [0.717, 1.165) is 23.4 Å². The normalized spacial score (nSPS) is 15.7. The van der Waals surface area contributed by atoms with Gasteiger partial charge in [0.25, 0.3) is 0 Å². The number of nitrogens with zero attached hydrogens (tertiary/aromatic N) is 2. The van der Waals surface area contributed by atoms with E-state index >= 15 is 0 Å². The van der Waals surface area contributed by atoms with Crippen LogP contribution in [0.3, 0.4) is 0 Å². The summed E-state index contributed by atoms with van der Waals surface area (Å²) < 4.78 is 8.03. The Hall–Kier alpha value is -1.77. The minimum atomic E-state index is 0.631. The monoisotopic (exact) mass is 312 g/mol. The molecule has 1 aromatic carbocycles. The number of benzene rings is 1. The maximum atomic E-state index is 5.56. The third-order valence-electron chi connectivity index (χ3n) is 4.99. The lowest BCUT2D eigenvalue weighted by molar-refractivity contribution is 0.346. The van der Waals surface area contributed by atoms with Crippen molar-refractivity contribution in [2.45, 2.75) is 64.3 Å². The van der Waals surface area contributed by atoms with Crippen LogP contribution in [0.2, 0.25) is 0 Å². The minimum absolute atomic E-state index is 0.631. The maximum absolute atomic E-state index is 5.56. The molecule has 1 heterocycles. The number of rotatable bonds is 6. The SMILES string of the molecule is CCCCc1c(-c2ccccc2OC)ncn1C1CCCCC1. The fourth-order valence-corrected chi connectivity index (χ4v) is 3.72. The number of para-hydroxylation sites is 1. The summed E-state index contributed by atoms with van der Waals surface area (Å²) in [6.45, 7) is 2.25. The van der Waals surface area contributed by atoms with Gasteiger partial charge in [0, 0.05) is 17.3 Å². The van der Waals surface area contributed by atoms with Crippen molar-refractivity contribution < 1.29 is 4.74 Å². The van der Waals surface area contributed by atoms with Gasteiger partial charge in [-0.25, -0.2) is 4.98 Å². The summed E-state index contributed by atoms with van der Waals surface area (Å²) in [6, 6.07) is 8.87. The smallest absolute Gasteiger partial charge is 0.128 e. The van der Waals surface area contributed by atoms with Crippen LogP contribution in [0.15, 0.2) is 30.6 Å². The van der Waals surface area contributed by atoms with Gasteiger partial charge in [0.2, 0.25) is 0 Å². The topological polar surface area (TPSA) is 27.1 Å². The molecule has 1 aliphatic carbocycles. The van der Waals surface area contributed by atoms with Gasteiger partial charge in [0.05, 0.1) is 19.1 Å². The molecule has 0 unspecified atom stereocenters. The van der Waals surface area contributed by atoms with Gasteiger partial charge in [-0.3, -0.25) is 0 Å². The van der Waals surface area contributed by atoms with Gasteiger partial charge in [-0.1, -0.05) is 44.7 Å². The van der Waals surface area contributed by atoms with Crippen LogP contribution in [0.4, 0.5) is 0 Å². The van der Waals surface area contributed by atoms with Crippen LogP contribution >= 0.6 is 0 Å². The number of aromatic nitrogens is 2. The van der Waals surface area contributed by atoms with E-state index in [1.54, 1.807) is 7.11 Å². The molecule has 0 N–H and O–H groups in total. The Morgan fingerprint density at radius 1 is 1.17 bits per heavy atom. The second-order valence-electron chi connectivity index (χ2n) is 6.54. The first-order valence-corrected chi connectivity index (χ1v) is 9.04. The fourth-order valence-electron chi connectivity index (χ4n) is 3.72. The lowest BCUT2D eigenvalue weighted by Gasteiger charge is -2.25. The molecule has 1 saturated carbocycles. The number of imidazole rings is 1. The van der Waals surface area contributed by atoms with E-state index in [9.17, 15) is 0 Å². The standard InChI is InChI=1S/C20H28N2O/c1-3-4-13-18-20(17-12-8-9-14-19(17)23-2)21-15-22(18)16-10-6-5-7-11-16/h8-9,12,14-16H,3-7,10-11,13H2,1-2H3. The highest BCUT2D eigenvalue weighted by Crippen LogP contribution is 2.36. The van der Waals surface area contributed by atoms with Gasteiger partial charge in [-0.05, 0) is 37.8 Å². The summed E-state index contributed by atoms with van der Waals surface area (Å²) >= 11 is 0. The first kappa shape index (κ1) is 16.1. The van der Waals surface area contributed by atoms with Crippen LogP contribution < -0.4 is 4.74 Å². The Bertz CT molecular complexity index is 626. The van der Waals surface area contributed by atoms with Crippen molar-refractivity contribution in [3.63, 3.8) is 0 Å². The zero-order valence-corrected chi connectivity index (χ0v) is 14.4. The zero-order valence-electron chi connectivity index (χ0n) is 14.4. The molecule has 3 rings (SSSR count). The Morgan fingerprint density at radius 3 is 2.70 bits per heavy atom. The lowest BCUT2D eigenvalue weighted by atomic mass is 9.94. The van der Waals surface area contributed by atoms with Crippen LogP contribution in [-0.4, -0.2) is 16.7 Å². The molecule has 2 aromatic rings. The van der Waals surface area contributed by atoms with Crippen molar-refractivity contribution in [3.05, 3.63) is 36.3 Å². The summed E-state index contributed by atoms with van der Waals surface area (Å²) in [5.41, 5.74) is 3.63. The van der Waals surface area contributed by atoms with E-state index < -0.39 is 0 Å². The summed E-state index contributed by atoms with van der Waals surface area (Å²) in [5.74, 6) is 0.916. The number of hydrogen-bond acceptors (Lipinski definition) is 2. The average molecular weight is 312 g/mol. The minimum Gasteiger partial charge on any atom is -0.496 e. The third kappa shape index (κ3) is 3.44. The molecule has 1 fully saturated rings. The second kappa shape index (κ2) is 7.67. The van der Waals surface area contributed by atoms with Crippen molar-refractivity contribution in [3.8, 4) is 17.0 Å². The van der Waals surface area contributed by atoms with Gasteiger partial charge in [0.15, 0.2) is 0 Å². The highest BCUT2D eigenvalue weighted by atomic mass is 16.5. The van der Waals surface area contributed by atoms with Crippen molar-refractivity contribution >= 4 is 0 Å². The summed E-state index contributed by atoms with van der Waals surface area (Å²) in [4.78, 5) is 4.81. The van der Waals surface area contributed by atoms with E-state index in [4.69, 9.17) is 9.72 Å². The number of methoxy groups -OCH3 is 1. The molecule has 0 saturated heterocycles. The average Bonchev–Trinajstić information content (AvgIpc) is 3.04. The molecule has 1 aliphatic rings. The molecule has 124 valence electrons. The first-order valence-electron chi connectivity index (χ1n) is 9.04. The van der Waals surface area contributed by atoms with E-state index in [0.29, 0.717) is 6.04 Å². The summed E-state index contributed by atoms with van der Waals surface area (Å²) in [7, 11) is 1.74. The Labute approximate surface area is 139 Å². The number of hydrogen-bond donors (Lipinski definition) is 0. The van der Waals surface area contributed by atoms with E-state index in [1.165, 1.54) is 50.6 Å². The molecule has 23 heavy (non-hydrogen) atoms. The number of unbranched alkanes of at least 4 members (excludes halogenated alkanes) is 1. The van der Waals surface area contributed by atoms with Gasteiger partial charge in [-0.2, -0.15) is 0 Å². The summed E-state index contributed by atoms with van der Waals surface area (Å²) in [5, 5.41) is 0. The Balaban J connectivity index is 2.00. The first-order chi connectivity index (χ1) is 11.3. The molecule has 0 spiro atoms. The molecule has 0 atom stereocenters. The molecule has 0 aliphatic heterocycles. The van der Waals surface area contributed by atoms with Crippen LogP contribution in [0.1, 0.15) is 63.6 Å². The highest BCUT2D eigenvalue weighted by Gasteiger charge is 2.22. The second-order valence-corrected chi connectivity index (χ2v) is 6.54. The van der Waals surface area contributed by atoms with Gasteiger partial charge in [-0.15, -0.1) is 0 Å². The zero-order chi connectivity index (χ0) is 16.1.